The standard InChI is InChI=1S/C11H8N2OS/c12-6-5-11-13-10(7-15-11)8-1-3-9(14)4-2-8/h1-4,7,14H,5H2. The number of phenolic OH excluding ortho intramolecular Hbond substituents is 1. The second-order valence-electron chi connectivity index (χ2n) is 3.01. The number of phenols is 1. The molecule has 1 heterocycles. The molecular formula is C11H8N2OS. The van der Waals surface area contributed by atoms with E-state index in [1.54, 1.807) is 24.3 Å². The van der Waals surface area contributed by atoms with Crippen molar-refractivity contribution in [1.29, 1.82) is 5.26 Å². The van der Waals surface area contributed by atoms with Crippen LogP contribution in [0.25, 0.3) is 11.3 Å². The Bertz CT molecular complexity index is 496. The number of hydrogen-bond donors (Lipinski definition) is 1. The predicted molar refractivity (Wildman–Crippen MR) is 58.5 cm³/mol. The first-order chi connectivity index (χ1) is 7.29. The summed E-state index contributed by atoms with van der Waals surface area (Å²) < 4.78 is 0. The second kappa shape index (κ2) is 4.11. The molecule has 0 aliphatic carbocycles. The zero-order valence-electron chi connectivity index (χ0n) is 7.84. The zero-order valence-corrected chi connectivity index (χ0v) is 8.66. The van der Waals surface area contributed by atoms with Gasteiger partial charge in [-0.25, -0.2) is 4.98 Å². The van der Waals surface area contributed by atoms with Crippen molar-refractivity contribution in [2.24, 2.45) is 0 Å². The number of thiazole rings is 1. The van der Waals surface area contributed by atoms with Crippen LogP contribution in [0, 0.1) is 11.3 Å². The van der Waals surface area contributed by atoms with Gasteiger partial charge in [-0.05, 0) is 24.3 Å². The number of aromatic nitrogens is 1. The van der Waals surface area contributed by atoms with E-state index in [4.69, 9.17) is 10.4 Å². The van der Waals surface area contributed by atoms with Crippen molar-refractivity contribution in [3.8, 4) is 23.1 Å². The summed E-state index contributed by atoms with van der Waals surface area (Å²) in [6.45, 7) is 0. The van der Waals surface area contributed by atoms with Gasteiger partial charge in [0.1, 0.15) is 10.8 Å². The van der Waals surface area contributed by atoms with Gasteiger partial charge in [-0.15, -0.1) is 11.3 Å². The predicted octanol–water partition coefficient (Wildman–Crippen LogP) is 2.58. The Morgan fingerprint density at radius 2 is 2.07 bits per heavy atom. The molecule has 0 radical (unpaired) electrons. The summed E-state index contributed by atoms with van der Waals surface area (Å²) in [7, 11) is 0. The first-order valence-electron chi connectivity index (χ1n) is 4.40. The Balaban J connectivity index is 2.30. The molecule has 0 amide bonds. The van der Waals surface area contributed by atoms with Gasteiger partial charge in [0.15, 0.2) is 0 Å². The smallest absolute Gasteiger partial charge is 0.115 e. The normalized spacial score (nSPS) is 9.80. The van der Waals surface area contributed by atoms with Crippen LogP contribution < -0.4 is 0 Å². The number of benzene rings is 1. The topological polar surface area (TPSA) is 56.9 Å². The summed E-state index contributed by atoms with van der Waals surface area (Å²) in [4.78, 5) is 4.31. The lowest BCUT2D eigenvalue weighted by Crippen LogP contribution is -1.80. The highest BCUT2D eigenvalue weighted by atomic mass is 32.1. The largest absolute Gasteiger partial charge is 0.508 e. The maximum absolute atomic E-state index is 9.13. The van der Waals surface area contributed by atoms with Crippen LogP contribution in [0.2, 0.25) is 0 Å². The van der Waals surface area contributed by atoms with Crippen LogP contribution in [-0.4, -0.2) is 10.1 Å². The van der Waals surface area contributed by atoms with E-state index >= 15 is 0 Å². The highest BCUT2D eigenvalue weighted by Crippen LogP contribution is 2.23. The molecule has 0 aliphatic heterocycles. The Morgan fingerprint density at radius 3 is 2.73 bits per heavy atom. The van der Waals surface area contributed by atoms with Crippen molar-refractivity contribution < 1.29 is 5.11 Å². The van der Waals surface area contributed by atoms with Gasteiger partial charge >= 0.3 is 0 Å². The number of nitriles is 1. The van der Waals surface area contributed by atoms with Crippen molar-refractivity contribution >= 4 is 11.3 Å². The molecule has 0 bridgehead atoms. The average Bonchev–Trinajstić information content (AvgIpc) is 2.68. The summed E-state index contributed by atoms with van der Waals surface area (Å²) in [5.74, 6) is 0.242. The molecule has 2 aromatic rings. The third-order valence-corrected chi connectivity index (χ3v) is 2.79. The number of hydrogen-bond acceptors (Lipinski definition) is 4. The van der Waals surface area contributed by atoms with Crippen molar-refractivity contribution in [3.63, 3.8) is 0 Å². The SMILES string of the molecule is N#CCc1nc(-c2ccc(O)cc2)cs1. The maximum Gasteiger partial charge on any atom is 0.115 e. The summed E-state index contributed by atoms with van der Waals surface area (Å²) in [5, 5.41) is 20.4. The Hall–Kier alpha value is -1.86. The van der Waals surface area contributed by atoms with E-state index in [1.807, 2.05) is 5.38 Å². The van der Waals surface area contributed by atoms with Gasteiger partial charge in [0, 0.05) is 10.9 Å². The van der Waals surface area contributed by atoms with E-state index in [9.17, 15) is 0 Å². The zero-order chi connectivity index (χ0) is 10.7. The molecule has 0 spiro atoms. The first kappa shape index (κ1) is 9.69. The van der Waals surface area contributed by atoms with Crippen LogP contribution in [-0.2, 0) is 6.42 Å². The Kier molecular flexibility index (Phi) is 2.66. The molecule has 0 atom stereocenters. The highest BCUT2D eigenvalue weighted by molar-refractivity contribution is 7.10. The third kappa shape index (κ3) is 2.14. The number of rotatable bonds is 2. The first-order valence-corrected chi connectivity index (χ1v) is 5.28. The van der Waals surface area contributed by atoms with Gasteiger partial charge < -0.3 is 5.11 Å². The molecule has 1 N–H and O–H groups in total. The number of aromatic hydroxyl groups is 1. The minimum absolute atomic E-state index is 0.242. The van der Waals surface area contributed by atoms with E-state index in [0.717, 1.165) is 16.3 Å². The summed E-state index contributed by atoms with van der Waals surface area (Å²) in [5.41, 5.74) is 1.80. The fraction of sp³-hybridized carbons (Fsp3) is 0.0909. The quantitative estimate of drug-likeness (QED) is 0.839. The number of nitrogens with zero attached hydrogens (tertiary/aromatic N) is 2. The average molecular weight is 216 g/mol. The van der Waals surface area contributed by atoms with E-state index < -0.39 is 0 Å². The summed E-state index contributed by atoms with van der Waals surface area (Å²) >= 11 is 1.48. The van der Waals surface area contributed by atoms with Gasteiger partial charge in [0.2, 0.25) is 0 Å². The molecule has 15 heavy (non-hydrogen) atoms. The lowest BCUT2D eigenvalue weighted by molar-refractivity contribution is 0.475. The molecule has 1 aromatic heterocycles. The maximum atomic E-state index is 9.13. The van der Waals surface area contributed by atoms with Crippen LogP contribution >= 0.6 is 11.3 Å². The molecule has 4 heteroatoms. The summed E-state index contributed by atoms with van der Waals surface area (Å²) in [6.07, 6.45) is 0.350. The van der Waals surface area contributed by atoms with Gasteiger partial charge in [0.25, 0.3) is 0 Å². The fourth-order valence-electron chi connectivity index (χ4n) is 1.22. The highest BCUT2D eigenvalue weighted by Gasteiger charge is 2.03. The molecule has 0 saturated heterocycles. The third-order valence-electron chi connectivity index (χ3n) is 1.95. The molecular weight excluding hydrogens is 208 g/mol. The Morgan fingerprint density at radius 1 is 1.33 bits per heavy atom. The van der Waals surface area contributed by atoms with Gasteiger partial charge in [-0.3, -0.25) is 0 Å². The van der Waals surface area contributed by atoms with Gasteiger partial charge in [-0.1, -0.05) is 0 Å². The van der Waals surface area contributed by atoms with Crippen molar-refractivity contribution in [2.75, 3.05) is 0 Å². The van der Waals surface area contributed by atoms with Crippen LogP contribution in [0.4, 0.5) is 0 Å². The Labute approximate surface area is 91.3 Å². The fourth-order valence-corrected chi connectivity index (χ4v) is 1.96. The molecule has 1 aromatic carbocycles. The lowest BCUT2D eigenvalue weighted by Gasteiger charge is -1.95. The monoisotopic (exact) mass is 216 g/mol. The van der Waals surface area contributed by atoms with Crippen LogP contribution in [0.1, 0.15) is 5.01 Å². The lowest BCUT2D eigenvalue weighted by atomic mass is 10.2. The molecule has 0 fully saturated rings. The summed E-state index contributed by atoms with van der Waals surface area (Å²) in [6, 6.07) is 8.93. The molecule has 2 rings (SSSR count). The molecule has 0 saturated carbocycles. The van der Waals surface area contributed by atoms with E-state index in [1.165, 1.54) is 11.3 Å². The molecule has 74 valence electrons. The minimum Gasteiger partial charge on any atom is -0.508 e. The minimum atomic E-state index is 0.242. The van der Waals surface area contributed by atoms with Gasteiger partial charge in [-0.2, -0.15) is 5.26 Å². The van der Waals surface area contributed by atoms with Crippen LogP contribution in [0.3, 0.4) is 0 Å². The second-order valence-corrected chi connectivity index (χ2v) is 3.95. The van der Waals surface area contributed by atoms with Crippen LogP contribution in [0.15, 0.2) is 29.6 Å². The van der Waals surface area contributed by atoms with Crippen molar-refractivity contribution in [2.45, 2.75) is 6.42 Å². The van der Waals surface area contributed by atoms with E-state index in [-0.39, 0.29) is 5.75 Å². The molecule has 3 nitrogen and oxygen atoms in total. The van der Waals surface area contributed by atoms with Gasteiger partial charge in [0.05, 0.1) is 18.2 Å². The van der Waals surface area contributed by atoms with Crippen LogP contribution in [0.5, 0.6) is 5.75 Å². The van der Waals surface area contributed by atoms with E-state index in [0.29, 0.717) is 6.42 Å². The molecule has 0 unspecified atom stereocenters. The van der Waals surface area contributed by atoms with Crippen molar-refractivity contribution in [1.82, 2.24) is 4.98 Å². The van der Waals surface area contributed by atoms with Crippen molar-refractivity contribution in [3.05, 3.63) is 34.7 Å². The molecule has 0 aliphatic rings. The van der Waals surface area contributed by atoms with E-state index in [2.05, 4.69) is 11.1 Å².